The highest BCUT2D eigenvalue weighted by atomic mass is 35.5. The summed E-state index contributed by atoms with van der Waals surface area (Å²) in [6, 6.07) is 13.8. The molecule has 2 amide bonds. The largest absolute Gasteiger partial charge is 0.357 e. The van der Waals surface area contributed by atoms with Crippen molar-refractivity contribution in [1.82, 2.24) is 20.5 Å². The Balaban J connectivity index is 0.00000280. The molecule has 3 N–H and O–H groups in total. The first-order valence-electron chi connectivity index (χ1n) is 9.72. The van der Waals surface area contributed by atoms with Crippen LogP contribution in [0, 0.1) is 0 Å². The first-order chi connectivity index (χ1) is 13.2. The molecular weight excluding hydrogens is 376 g/mol. The molecule has 0 radical (unpaired) electrons. The topological polar surface area (TPSA) is 77.2 Å². The SMILES string of the molecule is Cl.O=C1CC(c2ccccc2)NCCCCN(C(=O)c2ccc[nH]2)CCCN1. The summed E-state index contributed by atoms with van der Waals surface area (Å²) in [4.78, 5) is 29.8. The van der Waals surface area contributed by atoms with E-state index >= 15 is 0 Å². The Morgan fingerprint density at radius 1 is 0.964 bits per heavy atom. The molecule has 1 aliphatic rings. The van der Waals surface area contributed by atoms with Gasteiger partial charge in [0.05, 0.1) is 0 Å². The number of benzene rings is 1. The minimum Gasteiger partial charge on any atom is -0.357 e. The normalized spacial score (nSPS) is 19.4. The molecule has 0 aliphatic carbocycles. The van der Waals surface area contributed by atoms with Gasteiger partial charge in [-0.2, -0.15) is 0 Å². The molecule has 1 aromatic carbocycles. The van der Waals surface area contributed by atoms with Gasteiger partial charge in [0.2, 0.25) is 5.91 Å². The van der Waals surface area contributed by atoms with Crippen LogP contribution in [0.1, 0.15) is 47.8 Å². The van der Waals surface area contributed by atoms with Crippen molar-refractivity contribution >= 4 is 24.2 Å². The van der Waals surface area contributed by atoms with Crippen LogP contribution in [-0.4, -0.2) is 47.9 Å². The lowest BCUT2D eigenvalue weighted by Gasteiger charge is -2.22. The Kier molecular flexibility index (Phi) is 9.04. The monoisotopic (exact) mass is 404 g/mol. The summed E-state index contributed by atoms with van der Waals surface area (Å²) in [5.74, 6) is 0.0640. The van der Waals surface area contributed by atoms with Crippen molar-refractivity contribution in [3.05, 3.63) is 59.9 Å². The summed E-state index contributed by atoms with van der Waals surface area (Å²) in [5.41, 5.74) is 1.75. The predicted molar refractivity (Wildman–Crippen MR) is 113 cm³/mol. The molecule has 28 heavy (non-hydrogen) atoms. The van der Waals surface area contributed by atoms with Gasteiger partial charge in [-0.1, -0.05) is 30.3 Å². The van der Waals surface area contributed by atoms with E-state index in [0.717, 1.165) is 37.9 Å². The number of carbonyl (C=O) groups is 2. The Labute approximate surface area is 172 Å². The quantitative estimate of drug-likeness (QED) is 0.720. The standard InChI is InChI=1S/C21H28N4O2.ClH/c26-20-16-19(17-8-2-1-3-9-17)23-11-4-5-14-25(15-7-13-24-20)21(27)18-10-6-12-22-18;/h1-3,6,8-10,12,19,22-23H,4-5,7,11,13-16H2,(H,24,26);1H. The predicted octanol–water partition coefficient (Wildman–Crippen LogP) is 2.90. The molecule has 1 fully saturated rings. The lowest BCUT2D eigenvalue weighted by atomic mass is 10.0. The first kappa shape index (κ1) is 22.0. The van der Waals surface area contributed by atoms with Gasteiger partial charge in [-0.25, -0.2) is 0 Å². The highest BCUT2D eigenvalue weighted by Gasteiger charge is 2.18. The zero-order valence-electron chi connectivity index (χ0n) is 16.0. The maximum atomic E-state index is 12.6. The highest BCUT2D eigenvalue weighted by Crippen LogP contribution is 2.17. The molecule has 0 saturated carbocycles. The van der Waals surface area contributed by atoms with Gasteiger partial charge in [0.15, 0.2) is 0 Å². The molecule has 1 aliphatic heterocycles. The number of amides is 2. The van der Waals surface area contributed by atoms with Gasteiger partial charge >= 0.3 is 0 Å². The molecule has 1 saturated heterocycles. The summed E-state index contributed by atoms with van der Waals surface area (Å²) in [5, 5.41) is 6.50. The average molecular weight is 405 g/mol. The minimum atomic E-state index is 0. The molecule has 152 valence electrons. The molecule has 2 heterocycles. The van der Waals surface area contributed by atoms with Crippen LogP contribution in [-0.2, 0) is 4.79 Å². The summed E-state index contributed by atoms with van der Waals surface area (Å²) < 4.78 is 0. The molecule has 1 unspecified atom stereocenters. The van der Waals surface area contributed by atoms with E-state index in [2.05, 4.69) is 27.8 Å². The number of aromatic nitrogens is 1. The van der Waals surface area contributed by atoms with E-state index in [9.17, 15) is 9.59 Å². The second-order valence-corrected chi connectivity index (χ2v) is 6.91. The van der Waals surface area contributed by atoms with Crippen LogP contribution in [0.3, 0.4) is 0 Å². The summed E-state index contributed by atoms with van der Waals surface area (Å²) >= 11 is 0. The number of rotatable bonds is 2. The van der Waals surface area contributed by atoms with E-state index in [4.69, 9.17) is 0 Å². The van der Waals surface area contributed by atoms with Crippen molar-refractivity contribution < 1.29 is 9.59 Å². The molecular formula is C21H29ClN4O2. The number of nitrogens with one attached hydrogen (secondary N) is 3. The molecule has 0 spiro atoms. The molecule has 0 bridgehead atoms. The summed E-state index contributed by atoms with van der Waals surface area (Å²) in [6.45, 7) is 2.77. The molecule has 6 nitrogen and oxygen atoms in total. The molecule has 7 heteroatoms. The number of hydrogen-bond donors (Lipinski definition) is 3. The molecule has 1 aromatic heterocycles. The van der Waals surface area contributed by atoms with Crippen molar-refractivity contribution in [2.75, 3.05) is 26.2 Å². The van der Waals surface area contributed by atoms with Gasteiger partial charge in [0, 0.05) is 38.3 Å². The van der Waals surface area contributed by atoms with Crippen molar-refractivity contribution in [3.63, 3.8) is 0 Å². The van der Waals surface area contributed by atoms with Crippen LogP contribution in [0.2, 0.25) is 0 Å². The smallest absolute Gasteiger partial charge is 0.270 e. The van der Waals surface area contributed by atoms with Gasteiger partial charge in [-0.05, 0) is 43.5 Å². The zero-order chi connectivity index (χ0) is 18.9. The van der Waals surface area contributed by atoms with Crippen LogP contribution in [0.25, 0.3) is 0 Å². The van der Waals surface area contributed by atoms with Gasteiger partial charge in [-0.15, -0.1) is 12.4 Å². The third-order valence-corrected chi connectivity index (χ3v) is 4.88. The molecule has 3 rings (SSSR count). The minimum absolute atomic E-state index is 0. The number of carbonyl (C=O) groups excluding carboxylic acids is 2. The van der Waals surface area contributed by atoms with Crippen molar-refractivity contribution in [3.8, 4) is 0 Å². The summed E-state index contributed by atoms with van der Waals surface area (Å²) in [6.07, 6.45) is 4.83. The van der Waals surface area contributed by atoms with Crippen molar-refractivity contribution in [1.29, 1.82) is 0 Å². The number of hydrogen-bond acceptors (Lipinski definition) is 3. The van der Waals surface area contributed by atoms with Crippen molar-refractivity contribution in [2.24, 2.45) is 0 Å². The third-order valence-electron chi connectivity index (χ3n) is 4.88. The second kappa shape index (κ2) is 11.5. The first-order valence-corrected chi connectivity index (χ1v) is 9.72. The maximum absolute atomic E-state index is 12.6. The third kappa shape index (κ3) is 6.39. The number of aromatic amines is 1. The van der Waals surface area contributed by atoms with Crippen LogP contribution in [0.5, 0.6) is 0 Å². The van der Waals surface area contributed by atoms with Gasteiger partial charge in [0.1, 0.15) is 5.69 Å². The van der Waals surface area contributed by atoms with Gasteiger partial charge in [0.25, 0.3) is 5.91 Å². The average Bonchev–Trinajstić information content (AvgIpc) is 3.23. The molecule has 2 aromatic rings. The van der Waals surface area contributed by atoms with E-state index in [1.54, 1.807) is 12.3 Å². The fourth-order valence-electron chi connectivity index (χ4n) is 3.40. The fourth-order valence-corrected chi connectivity index (χ4v) is 3.40. The van der Waals surface area contributed by atoms with Crippen molar-refractivity contribution in [2.45, 2.75) is 31.7 Å². The van der Waals surface area contributed by atoms with Crippen LogP contribution in [0.4, 0.5) is 0 Å². The van der Waals surface area contributed by atoms with E-state index in [1.165, 1.54) is 0 Å². The second-order valence-electron chi connectivity index (χ2n) is 6.91. The Hall–Kier alpha value is -2.31. The Bertz CT molecular complexity index is 721. The van der Waals surface area contributed by atoms with Crippen LogP contribution in [0.15, 0.2) is 48.7 Å². The van der Waals surface area contributed by atoms with E-state index in [1.807, 2.05) is 29.2 Å². The summed E-state index contributed by atoms with van der Waals surface area (Å²) in [7, 11) is 0. The molecule has 1 atom stereocenters. The Morgan fingerprint density at radius 2 is 1.75 bits per heavy atom. The van der Waals surface area contributed by atoms with E-state index in [0.29, 0.717) is 25.2 Å². The van der Waals surface area contributed by atoms with E-state index in [-0.39, 0.29) is 30.3 Å². The lowest BCUT2D eigenvalue weighted by molar-refractivity contribution is -0.121. The number of halogens is 1. The Morgan fingerprint density at radius 3 is 2.50 bits per heavy atom. The lowest BCUT2D eigenvalue weighted by Crippen LogP contribution is -2.35. The van der Waals surface area contributed by atoms with E-state index < -0.39 is 0 Å². The highest BCUT2D eigenvalue weighted by molar-refractivity contribution is 5.92. The van der Waals surface area contributed by atoms with Crippen LogP contribution >= 0.6 is 12.4 Å². The maximum Gasteiger partial charge on any atom is 0.270 e. The number of H-pyrrole nitrogens is 1. The van der Waals surface area contributed by atoms with Gasteiger partial charge < -0.3 is 20.5 Å². The van der Waals surface area contributed by atoms with Gasteiger partial charge in [-0.3, -0.25) is 9.59 Å². The van der Waals surface area contributed by atoms with Crippen LogP contribution < -0.4 is 10.6 Å². The number of nitrogens with zero attached hydrogens (tertiary/aromatic N) is 1. The fraction of sp³-hybridized carbons (Fsp3) is 0.429. The zero-order valence-corrected chi connectivity index (χ0v) is 16.8.